The number of imidazole rings is 1. The maximum atomic E-state index is 11.9. The average molecular weight is 223 g/mol. The van der Waals surface area contributed by atoms with Crippen molar-refractivity contribution in [1.82, 2.24) is 14.0 Å². The Morgan fingerprint density at radius 1 is 1.25 bits per heavy atom. The molecule has 2 heterocycles. The molecule has 5 nitrogen and oxygen atoms in total. The number of hydrogen-bond acceptors (Lipinski definition) is 2. The highest BCUT2D eigenvalue weighted by Gasteiger charge is 2.17. The van der Waals surface area contributed by atoms with Crippen LogP contribution in [0.4, 0.5) is 0 Å². The summed E-state index contributed by atoms with van der Waals surface area (Å²) in [5, 5.41) is 0. The number of aryl methyl sites for hydroxylation is 1. The third-order valence-electron chi connectivity index (χ3n) is 3.03. The van der Waals surface area contributed by atoms with E-state index in [-0.39, 0.29) is 18.1 Å². The Labute approximate surface area is 94.3 Å². The summed E-state index contributed by atoms with van der Waals surface area (Å²) < 4.78 is 2.93. The van der Waals surface area contributed by atoms with Crippen molar-refractivity contribution < 1.29 is 4.79 Å². The second-order valence-electron chi connectivity index (χ2n) is 4.26. The summed E-state index contributed by atoms with van der Waals surface area (Å²) in [6.45, 7) is 1.83. The molecule has 1 aliphatic heterocycles. The van der Waals surface area contributed by atoms with Gasteiger partial charge in [-0.3, -0.25) is 9.36 Å². The number of aromatic nitrogens is 2. The van der Waals surface area contributed by atoms with Crippen LogP contribution in [-0.4, -0.2) is 33.0 Å². The molecule has 0 aliphatic carbocycles. The van der Waals surface area contributed by atoms with Gasteiger partial charge < -0.3 is 9.47 Å². The molecular weight excluding hydrogens is 206 g/mol. The predicted octanol–water partition coefficient (Wildman–Crippen LogP) is 0.199. The molecule has 1 saturated heterocycles. The summed E-state index contributed by atoms with van der Waals surface area (Å²) in [7, 11) is 1.68. The molecule has 1 aromatic rings. The molecule has 5 heteroatoms. The first kappa shape index (κ1) is 11.0. The van der Waals surface area contributed by atoms with Crippen LogP contribution >= 0.6 is 0 Å². The Hall–Kier alpha value is -1.52. The van der Waals surface area contributed by atoms with Crippen molar-refractivity contribution in [3.05, 3.63) is 22.9 Å². The van der Waals surface area contributed by atoms with Crippen molar-refractivity contribution in [3.8, 4) is 0 Å². The van der Waals surface area contributed by atoms with Gasteiger partial charge in [-0.25, -0.2) is 4.79 Å². The normalized spacial score (nSPS) is 16.4. The zero-order chi connectivity index (χ0) is 11.5. The molecule has 0 radical (unpaired) electrons. The molecule has 0 atom stereocenters. The molecule has 1 aliphatic rings. The third kappa shape index (κ3) is 2.18. The van der Waals surface area contributed by atoms with Crippen LogP contribution in [0.2, 0.25) is 0 Å². The highest BCUT2D eigenvalue weighted by Crippen LogP contribution is 2.08. The zero-order valence-corrected chi connectivity index (χ0v) is 9.56. The maximum absolute atomic E-state index is 11.9. The van der Waals surface area contributed by atoms with E-state index in [1.54, 1.807) is 19.4 Å². The van der Waals surface area contributed by atoms with E-state index in [0.717, 1.165) is 25.9 Å². The molecule has 88 valence electrons. The summed E-state index contributed by atoms with van der Waals surface area (Å²) in [5.74, 6) is 0.0491. The van der Waals surface area contributed by atoms with Gasteiger partial charge in [0.15, 0.2) is 0 Å². The van der Waals surface area contributed by atoms with E-state index in [2.05, 4.69) is 0 Å². The van der Waals surface area contributed by atoms with Gasteiger partial charge in [-0.1, -0.05) is 0 Å². The number of nitrogens with zero attached hydrogens (tertiary/aromatic N) is 3. The topological polar surface area (TPSA) is 47.2 Å². The molecule has 0 N–H and O–H groups in total. The van der Waals surface area contributed by atoms with Gasteiger partial charge in [0.1, 0.15) is 6.54 Å². The number of piperidine rings is 1. The fourth-order valence-electron chi connectivity index (χ4n) is 2.02. The zero-order valence-electron chi connectivity index (χ0n) is 9.56. The first-order chi connectivity index (χ1) is 7.68. The largest absolute Gasteiger partial charge is 0.341 e. The Bertz CT molecular complexity index is 427. The number of hydrogen-bond donors (Lipinski definition) is 0. The van der Waals surface area contributed by atoms with Crippen LogP contribution in [0.3, 0.4) is 0 Å². The third-order valence-corrected chi connectivity index (χ3v) is 3.03. The van der Waals surface area contributed by atoms with Gasteiger partial charge >= 0.3 is 5.69 Å². The first-order valence-corrected chi connectivity index (χ1v) is 5.68. The van der Waals surface area contributed by atoms with Gasteiger partial charge in [-0.2, -0.15) is 0 Å². The maximum Gasteiger partial charge on any atom is 0.328 e. The van der Waals surface area contributed by atoms with Crippen molar-refractivity contribution in [1.29, 1.82) is 0 Å². The van der Waals surface area contributed by atoms with Gasteiger partial charge in [0.2, 0.25) is 5.91 Å². The first-order valence-electron chi connectivity index (χ1n) is 5.68. The Morgan fingerprint density at radius 2 is 1.94 bits per heavy atom. The second kappa shape index (κ2) is 4.55. The monoisotopic (exact) mass is 223 g/mol. The molecule has 16 heavy (non-hydrogen) atoms. The van der Waals surface area contributed by atoms with Gasteiger partial charge in [0.05, 0.1) is 0 Å². The second-order valence-corrected chi connectivity index (χ2v) is 4.26. The molecule has 2 rings (SSSR count). The molecule has 0 saturated carbocycles. The minimum absolute atomic E-state index is 0.0491. The number of likely N-dealkylation sites (tertiary alicyclic amines) is 1. The van der Waals surface area contributed by atoms with Gasteiger partial charge in [-0.05, 0) is 19.3 Å². The van der Waals surface area contributed by atoms with Crippen LogP contribution in [0.1, 0.15) is 19.3 Å². The summed E-state index contributed by atoms with van der Waals surface area (Å²) in [6, 6.07) is 0. The van der Waals surface area contributed by atoms with E-state index in [9.17, 15) is 9.59 Å². The molecule has 0 unspecified atom stereocenters. The smallest absolute Gasteiger partial charge is 0.328 e. The lowest BCUT2D eigenvalue weighted by Crippen LogP contribution is -2.39. The van der Waals surface area contributed by atoms with E-state index in [1.165, 1.54) is 15.6 Å². The number of carbonyl (C=O) groups excluding carboxylic acids is 1. The van der Waals surface area contributed by atoms with Crippen molar-refractivity contribution in [2.45, 2.75) is 25.8 Å². The fraction of sp³-hybridized carbons (Fsp3) is 0.636. The SMILES string of the molecule is Cn1ccn(CC(=O)N2CCCCC2)c1=O. The van der Waals surface area contributed by atoms with Crippen LogP contribution < -0.4 is 5.69 Å². The highest BCUT2D eigenvalue weighted by atomic mass is 16.2. The number of rotatable bonds is 2. The predicted molar refractivity (Wildman–Crippen MR) is 60.1 cm³/mol. The van der Waals surface area contributed by atoms with Crippen LogP contribution in [0.25, 0.3) is 0 Å². The van der Waals surface area contributed by atoms with E-state index in [4.69, 9.17) is 0 Å². The standard InChI is InChI=1S/C11H17N3O2/c1-12-7-8-14(11(12)16)9-10(15)13-5-3-2-4-6-13/h7-8H,2-6,9H2,1H3. The van der Waals surface area contributed by atoms with Crippen molar-refractivity contribution in [3.63, 3.8) is 0 Å². The minimum Gasteiger partial charge on any atom is -0.341 e. The van der Waals surface area contributed by atoms with Crippen LogP contribution in [0, 0.1) is 0 Å². The highest BCUT2D eigenvalue weighted by molar-refractivity contribution is 5.76. The van der Waals surface area contributed by atoms with Crippen LogP contribution in [-0.2, 0) is 18.4 Å². The number of amides is 1. The average Bonchev–Trinajstić information content (AvgIpc) is 2.62. The van der Waals surface area contributed by atoms with Crippen molar-refractivity contribution >= 4 is 5.91 Å². The van der Waals surface area contributed by atoms with Gasteiger partial charge in [0.25, 0.3) is 0 Å². The summed E-state index contributed by atoms with van der Waals surface area (Å²) in [6.07, 6.45) is 6.69. The lowest BCUT2D eigenvalue weighted by Gasteiger charge is -2.26. The van der Waals surface area contributed by atoms with Crippen LogP contribution in [0.5, 0.6) is 0 Å². The van der Waals surface area contributed by atoms with Crippen LogP contribution in [0.15, 0.2) is 17.2 Å². The molecule has 0 spiro atoms. The molecule has 1 amide bonds. The quantitative estimate of drug-likeness (QED) is 0.719. The summed E-state index contributed by atoms with van der Waals surface area (Å²) >= 11 is 0. The van der Waals surface area contributed by atoms with E-state index < -0.39 is 0 Å². The molecular formula is C11H17N3O2. The van der Waals surface area contributed by atoms with E-state index >= 15 is 0 Å². The molecule has 1 aromatic heterocycles. The summed E-state index contributed by atoms with van der Waals surface area (Å²) in [5.41, 5.74) is -0.134. The molecule has 1 fully saturated rings. The Morgan fingerprint density at radius 3 is 2.50 bits per heavy atom. The number of carbonyl (C=O) groups is 1. The molecule has 0 aromatic carbocycles. The Kier molecular flexibility index (Phi) is 3.12. The van der Waals surface area contributed by atoms with E-state index in [1.807, 2.05) is 4.90 Å². The minimum atomic E-state index is -0.134. The van der Waals surface area contributed by atoms with Gasteiger partial charge in [-0.15, -0.1) is 0 Å². The van der Waals surface area contributed by atoms with Crippen molar-refractivity contribution in [2.75, 3.05) is 13.1 Å². The summed E-state index contributed by atoms with van der Waals surface area (Å²) in [4.78, 5) is 25.3. The lowest BCUT2D eigenvalue weighted by molar-refractivity contribution is -0.132. The lowest BCUT2D eigenvalue weighted by atomic mass is 10.1. The molecule has 0 bridgehead atoms. The van der Waals surface area contributed by atoms with Crippen molar-refractivity contribution in [2.24, 2.45) is 7.05 Å². The van der Waals surface area contributed by atoms with Gasteiger partial charge in [0, 0.05) is 32.5 Å². The Balaban J connectivity index is 2.01. The van der Waals surface area contributed by atoms with E-state index in [0.29, 0.717) is 0 Å². The fourth-order valence-corrected chi connectivity index (χ4v) is 2.02.